The second kappa shape index (κ2) is 8.14. The predicted molar refractivity (Wildman–Crippen MR) is 131 cm³/mol. The fourth-order valence-electron chi connectivity index (χ4n) is 4.47. The van der Waals surface area contributed by atoms with Crippen LogP contribution in [0.2, 0.25) is 0 Å². The number of benzene rings is 4. The second-order valence-electron chi connectivity index (χ2n) is 7.59. The molecular formula is C29H23Si-. The lowest BCUT2D eigenvalue weighted by Crippen LogP contribution is -1.97. The van der Waals surface area contributed by atoms with Gasteiger partial charge in [0.25, 0.3) is 0 Å². The van der Waals surface area contributed by atoms with Crippen LogP contribution in [0.3, 0.4) is 0 Å². The van der Waals surface area contributed by atoms with Gasteiger partial charge in [-0.25, -0.2) is 0 Å². The van der Waals surface area contributed by atoms with E-state index in [4.69, 9.17) is 0 Å². The average molecular weight is 400 g/mol. The summed E-state index contributed by atoms with van der Waals surface area (Å²) < 4.78 is 0. The van der Waals surface area contributed by atoms with Crippen LogP contribution in [0.1, 0.15) is 0 Å². The first-order valence-corrected chi connectivity index (χ1v) is 12.4. The normalized spacial score (nSPS) is 10.8. The van der Waals surface area contributed by atoms with Crippen LogP contribution >= 0.6 is 0 Å². The maximum Gasteiger partial charge on any atom is -0.0243 e. The molecule has 4 aromatic carbocycles. The summed E-state index contributed by atoms with van der Waals surface area (Å²) in [6.07, 6.45) is 0. The summed E-state index contributed by atoms with van der Waals surface area (Å²) in [4.78, 5) is 0. The molecule has 1 heteroatoms. The van der Waals surface area contributed by atoms with E-state index in [0.717, 1.165) is 0 Å². The molecule has 0 fully saturated rings. The molecule has 0 nitrogen and oxygen atoms in total. The van der Waals surface area contributed by atoms with Gasteiger partial charge in [0.2, 0.25) is 0 Å². The van der Waals surface area contributed by atoms with Crippen molar-refractivity contribution in [1.82, 2.24) is 0 Å². The molecule has 0 aliphatic rings. The smallest absolute Gasteiger partial charge is 0.0243 e. The largest absolute Gasteiger partial charge is 0.108 e. The third-order valence-corrected chi connectivity index (χ3v) is 8.33. The molecule has 1 aromatic heterocycles. The van der Waals surface area contributed by atoms with Crippen LogP contribution in [0.25, 0.3) is 43.7 Å². The van der Waals surface area contributed by atoms with Crippen molar-refractivity contribution in [1.29, 1.82) is 0 Å². The van der Waals surface area contributed by atoms with E-state index < -0.39 is 8.40 Å². The Hall–Kier alpha value is -3.42. The van der Waals surface area contributed by atoms with E-state index in [-0.39, 0.29) is 0 Å². The van der Waals surface area contributed by atoms with Crippen LogP contribution in [0.4, 0.5) is 0 Å². The van der Waals surface area contributed by atoms with Crippen LogP contribution < -0.4 is 0 Å². The van der Waals surface area contributed by atoms with Crippen molar-refractivity contribution in [2.45, 2.75) is 0 Å². The van der Waals surface area contributed by atoms with Crippen LogP contribution in [-0.2, 0) is 6.55 Å². The van der Waals surface area contributed by atoms with E-state index in [9.17, 15) is 0 Å². The minimum Gasteiger partial charge on any atom is -0.108 e. The van der Waals surface area contributed by atoms with Gasteiger partial charge in [0.1, 0.15) is 0 Å². The summed E-state index contributed by atoms with van der Waals surface area (Å²) in [6.45, 7) is 2.45. The lowest BCUT2D eigenvalue weighted by Gasteiger charge is -2.18. The van der Waals surface area contributed by atoms with Crippen molar-refractivity contribution in [2.24, 2.45) is 6.55 Å². The summed E-state index contributed by atoms with van der Waals surface area (Å²) in [5.74, 6) is 0. The Labute approximate surface area is 180 Å². The average Bonchev–Trinajstić information content (AvgIpc) is 3.14. The minimum atomic E-state index is -0.970. The first-order valence-electron chi connectivity index (χ1n) is 10.4. The van der Waals surface area contributed by atoms with Crippen molar-refractivity contribution in [3.05, 3.63) is 121 Å². The zero-order chi connectivity index (χ0) is 20.3. The summed E-state index contributed by atoms with van der Waals surface area (Å²) in [7, 11) is -0.970. The van der Waals surface area contributed by atoms with Crippen molar-refractivity contribution >= 4 is 8.40 Å². The van der Waals surface area contributed by atoms with Gasteiger partial charge in [0, 0.05) is 0 Å². The lowest BCUT2D eigenvalue weighted by atomic mass is 9.91. The van der Waals surface area contributed by atoms with Crippen LogP contribution in [0.5, 0.6) is 0 Å². The molecule has 1 heterocycles. The summed E-state index contributed by atoms with van der Waals surface area (Å²) >= 11 is 0. The highest BCUT2D eigenvalue weighted by atomic mass is 28.2. The third-order valence-electron chi connectivity index (χ3n) is 5.75. The molecule has 144 valence electrons. The Bertz CT molecular complexity index is 1150. The molecule has 30 heavy (non-hydrogen) atoms. The zero-order valence-corrected chi connectivity index (χ0v) is 18.0. The Morgan fingerprint density at radius 1 is 0.500 bits per heavy atom. The molecule has 0 bridgehead atoms. The topological polar surface area (TPSA) is 0 Å². The molecule has 0 radical (unpaired) electrons. The molecule has 0 saturated carbocycles. The Morgan fingerprint density at radius 2 is 0.933 bits per heavy atom. The number of hydrogen-bond acceptors (Lipinski definition) is 0. The van der Waals surface area contributed by atoms with E-state index in [1.54, 1.807) is 0 Å². The number of hydrogen-bond donors (Lipinski definition) is 0. The standard InChI is InChI=1S/C29H23Si/c1-30-28(24-18-10-4-11-19-24)26(22-14-6-2-7-15-22)27(23-16-8-3-9-17-23)29(30)25-20-12-5-13-21-25/h2-21H,1H3/q-1. The van der Waals surface area contributed by atoms with Gasteiger partial charge in [-0.15, -0.1) is 17.7 Å². The molecular weight excluding hydrogens is 376 g/mol. The first kappa shape index (κ1) is 18.6. The van der Waals surface area contributed by atoms with E-state index in [0.29, 0.717) is 0 Å². The third kappa shape index (κ3) is 3.28. The van der Waals surface area contributed by atoms with E-state index in [1.807, 2.05) is 0 Å². The highest BCUT2D eigenvalue weighted by Crippen LogP contribution is 2.47. The molecule has 0 amide bonds. The van der Waals surface area contributed by atoms with Crippen LogP contribution in [-0.4, -0.2) is 8.40 Å². The van der Waals surface area contributed by atoms with Crippen LogP contribution in [0.15, 0.2) is 121 Å². The van der Waals surface area contributed by atoms with Crippen molar-refractivity contribution < 1.29 is 0 Å². The van der Waals surface area contributed by atoms with Gasteiger partial charge >= 0.3 is 0 Å². The maximum atomic E-state index is 2.45. The lowest BCUT2D eigenvalue weighted by molar-refractivity contribution is 1.61. The first-order chi connectivity index (χ1) is 14.8. The Morgan fingerprint density at radius 3 is 1.47 bits per heavy atom. The molecule has 0 N–H and O–H groups in total. The zero-order valence-electron chi connectivity index (χ0n) is 17.0. The van der Waals surface area contributed by atoms with Crippen molar-refractivity contribution in [3.63, 3.8) is 0 Å². The van der Waals surface area contributed by atoms with Gasteiger partial charge in [-0.05, 0) is 8.40 Å². The highest BCUT2D eigenvalue weighted by molar-refractivity contribution is 6.69. The molecule has 0 unspecified atom stereocenters. The predicted octanol–water partition coefficient (Wildman–Crippen LogP) is 7.64. The molecule has 0 saturated heterocycles. The van der Waals surface area contributed by atoms with Gasteiger partial charge < -0.3 is 0 Å². The monoisotopic (exact) mass is 399 g/mol. The van der Waals surface area contributed by atoms with Gasteiger partial charge in [0.15, 0.2) is 0 Å². The summed E-state index contributed by atoms with van der Waals surface area (Å²) in [5.41, 5.74) is 8.06. The maximum absolute atomic E-state index is 2.45. The van der Waals surface area contributed by atoms with Gasteiger partial charge in [-0.1, -0.05) is 154 Å². The number of rotatable bonds is 4. The molecule has 0 atom stereocenters. The minimum absolute atomic E-state index is 0.970. The quantitative estimate of drug-likeness (QED) is 0.215. The van der Waals surface area contributed by atoms with Gasteiger partial charge in [0.05, 0.1) is 0 Å². The second-order valence-corrected chi connectivity index (χ2v) is 9.84. The molecule has 5 rings (SSSR count). The Kier molecular flexibility index (Phi) is 5.04. The fourth-order valence-corrected chi connectivity index (χ4v) is 7.21. The van der Waals surface area contributed by atoms with Gasteiger partial charge in [-0.2, -0.15) is 0 Å². The fraction of sp³-hybridized carbons (Fsp3) is 0.0345. The van der Waals surface area contributed by atoms with Gasteiger partial charge in [-0.3, -0.25) is 0 Å². The van der Waals surface area contributed by atoms with E-state index in [2.05, 4.69) is 128 Å². The summed E-state index contributed by atoms with van der Waals surface area (Å²) in [6, 6.07) is 43.7. The van der Waals surface area contributed by atoms with E-state index >= 15 is 0 Å². The SMILES string of the molecule is C[si]1c(-c2ccccc2)c(-c2ccccc2)c(-c2ccccc2)[c-]1-c1ccccc1. The van der Waals surface area contributed by atoms with Crippen molar-refractivity contribution in [2.75, 3.05) is 0 Å². The van der Waals surface area contributed by atoms with Crippen molar-refractivity contribution in [3.8, 4) is 43.7 Å². The molecule has 5 aromatic rings. The highest BCUT2D eigenvalue weighted by Gasteiger charge is 2.19. The molecule has 0 aliphatic carbocycles. The summed E-state index contributed by atoms with van der Waals surface area (Å²) in [5, 5.41) is 3.01. The molecule has 0 aliphatic heterocycles. The Balaban J connectivity index is 1.95. The van der Waals surface area contributed by atoms with Crippen LogP contribution in [0, 0.1) is 0 Å². The molecule has 0 spiro atoms. The van der Waals surface area contributed by atoms with E-state index in [1.165, 1.54) is 43.7 Å².